The summed E-state index contributed by atoms with van der Waals surface area (Å²) in [5.41, 5.74) is 2.81. The van der Waals surface area contributed by atoms with E-state index in [1.165, 1.54) is 18.2 Å². The van der Waals surface area contributed by atoms with Gasteiger partial charge in [0.25, 0.3) is 0 Å². The third kappa shape index (κ3) is 5.52. The maximum atomic E-state index is 13.4. The molecule has 3 aromatic rings. The van der Waals surface area contributed by atoms with Crippen molar-refractivity contribution in [3.8, 4) is 11.8 Å². The maximum absolute atomic E-state index is 13.4. The molecular weight excluding hydrogens is 516 g/mol. The molecule has 13 nitrogen and oxygen atoms in total. The standard InChI is InChI=1S/C27H26N8O5/c1-39-23-4-5-29-13-21(23)31-20-10-24(30-12-19(20)11-28)33-27(38)35-6-2-3-17-9-18(22(15-36)32-26(17)35)14-34-7-8-40-16-25(34)37/h4-5,9-10,12-13,15H,2-3,6-8,14,16H2,1H3,(H2,30,31,33,38). The normalized spacial score (nSPS) is 14.7. The van der Waals surface area contributed by atoms with E-state index >= 15 is 0 Å². The molecule has 13 heteroatoms. The third-order valence-corrected chi connectivity index (χ3v) is 6.61. The van der Waals surface area contributed by atoms with E-state index in [2.05, 4.69) is 31.7 Å². The zero-order valence-electron chi connectivity index (χ0n) is 21.7. The van der Waals surface area contributed by atoms with E-state index in [9.17, 15) is 19.6 Å². The van der Waals surface area contributed by atoms with Crippen LogP contribution in [-0.4, -0.2) is 71.5 Å². The lowest BCUT2D eigenvalue weighted by Crippen LogP contribution is -2.42. The van der Waals surface area contributed by atoms with E-state index in [-0.39, 0.29) is 36.1 Å². The number of aldehydes is 1. The first-order chi connectivity index (χ1) is 19.5. The van der Waals surface area contributed by atoms with Gasteiger partial charge in [0.2, 0.25) is 5.91 Å². The van der Waals surface area contributed by atoms with Gasteiger partial charge in [-0.15, -0.1) is 0 Å². The Labute approximate surface area is 229 Å². The number of methoxy groups -OCH3 is 1. The lowest BCUT2D eigenvalue weighted by Gasteiger charge is -2.30. The molecule has 1 saturated heterocycles. The minimum atomic E-state index is -0.483. The van der Waals surface area contributed by atoms with Crippen molar-refractivity contribution < 1.29 is 23.9 Å². The summed E-state index contributed by atoms with van der Waals surface area (Å²) in [4.78, 5) is 53.4. The maximum Gasteiger partial charge on any atom is 0.328 e. The number of fused-ring (bicyclic) bond motifs is 1. The number of nitrogens with one attached hydrogen (secondary N) is 2. The molecule has 40 heavy (non-hydrogen) atoms. The molecule has 204 valence electrons. The molecule has 3 amide bonds. The number of carbonyl (C=O) groups is 3. The number of morpholine rings is 1. The van der Waals surface area contributed by atoms with Crippen molar-refractivity contribution in [2.45, 2.75) is 19.4 Å². The summed E-state index contributed by atoms with van der Waals surface area (Å²) in [6.07, 6.45) is 6.49. The monoisotopic (exact) mass is 542 g/mol. The van der Waals surface area contributed by atoms with Crippen LogP contribution in [0.2, 0.25) is 0 Å². The van der Waals surface area contributed by atoms with E-state index in [1.807, 2.05) is 6.07 Å². The molecule has 2 N–H and O–H groups in total. The van der Waals surface area contributed by atoms with Crippen LogP contribution in [0.3, 0.4) is 0 Å². The molecule has 5 heterocycles. The molecule has 0 aromatic carbocycles. The highest BCUT2D eigenvalue weighted by molar-refractivity contribution is 6.02. The number of hydrogen-bond acceptors (Lipinski definition) is 10. The molecule has 0 radical (unpaired) electrons. The number of ether oxygens (including phenoxy) is 2. The van der Waals surface area contributed by atoms with E-state index in [0.29, 0.717) is 67.3 Å². The molecule has 0 saturated carbocycles. The Morgan fingerprint density at radius 2 is 2.15 bits per heavy atom. The summed E-state index contributed by atoms with van der Waals surface area (Å²) >= 11 is 0. The van der Waals surface area contributed by atoms with Gasteiger partial charge in [-0.2, -0.15) is 5.26 Å². The van der Waals surface area contributed by atoms with Gasteiger partial charge in [0, 0.05) is 49.7 Å². The summed E-state index contributed by atoms with van der Waals surface area (Å²) in [7, 11) is 1.52. The Bertz CT molecular complexity index is 1500. The summed E-state index contributed by atoms with van der Waals surface area (Å²) < 4.78 is 10.5. The number of amides is 3. The van der Waals surface area contributed by atoms with Crippen molar-refractivity contribution in [1.29, 1.82) is 5.26 Å². The van der Waals surface area contributed by atoms with Crippen molar-refractivity contribution in [1.82, 2.24) is 19.9 Å². The highest BCUT2D eigenvalue weighted by atomic mass is 16.5. The van der Waals surface area contributed by atoms with Crippen molar-refractivity contribution >= 4 is 41.2 Å². The fraction of sp³-hybridized carbons (Fsp3) is 0.296. The number of urea groups is 1. The van der Waals surface area contributed by atoms with Gasteiger partial charge in [0.1, 0.15) is 35.8 Å². The largest absolute Gasteiger partial charge is 0.494 e. The predicted molar refractivity (Wildman–Crippen MR) is 144 cm³/mol. The van der Waals surface area contributed by atoms with Gasteiger partial charge in [-0.05, 0) is 24.5 Å². The minimum Gasteiger partial charge on any atom is -0.494 e. The number of aromatic nitrogens is 3. The van der Waals surface area contributed by atoms with Gasteiger partial charge in [-0.25, -0.2) is 14.8 Å². The van der Waals surface area contributed by atoms with E-state index in [1.54, 1.807) is 29.4 Å². The third-order valence-electron chi connectivity index (χ3n) is 6.61. The summed E-state index contributed by atoms with van der Waals surface area (Å²) in [6.45, 7) is 1.52. The second-order valence-corrected chi connectivity index (χ2v) is 9.11. The topological polar surface area (TPSA) is 163 Å². The first kappa shape index (κ1) is 26.5. The van der Waals surface area contributed by atoms with Gasteiger partial charge in [0.05, 0.1) is 36.9 Å². The van der Waals surface area contributed by atoms with Crippen LogP contribution < -0.4 is 20.3 Å². The van der Waals surface area contributed by atoms with Crippen molar-refractivity contribution in [2.24, 2.45) is 0 Å². The Hall–Kier alpha value is -5.09. The molecule has 0 unspecified atom stereocenters. The quantitative estimate of drug-likeness (QED) is 0.424. The van der Waals surface area contributed by atoms with Crippen LogP contribution in [0.25, 0.3) is 0 Å². The van der Waals surface area contributed by atoms with Crippen molar-refractivity contribution in [2.75, 3.05) is 48.9 Å². The number of nitrogens with zero attached hydrogens (tertiary/aromatic N) is 6. The second-order valence-electron chi connectivity index (χ2n) is 9.11. The molecule has 0 bridgehead atoms. The fourth-order valence-corrected chi connectivity index (χ4v) is 4.60. The van der Waals surface area contributed by atoms with Gasteiger partial charge in [-0.3, -0.25) is 24.8 Å². The van der Waals surface area contributed by atoms with Crippen LogP contribution in [0.1, 0.15) is 33.6 Å². The molecule has 2 aliphatic heterocycles. The molecule has 2 aliphatic rings. The minimum absolute atomic E-state index is 0.0130. The number of carbonyl (C=O) groups excluding carboxylic acids is 3. The Morgan fingerprint density at radius 1 is 1.27 bits per heavy atom. The number of hydrogen-bond donors (Lipinski definition) is 2. The molecule has 1 fully saturated rings. The summed E-state index contributed by atoms with van der Waals surface area (Å²) in [5.74, 6) is 0.975. The first-order valence-electron chi connectivity index (χ1n) is 12.6. The highest BCUT2D eigenvalue weighted by Crippen LogP contribution is 2.31. The van der Waals surface area contributed by atoms with Gasteiger partial charge < -0.3 is 19.7 Å². The molecule has 5 rings (SSSR count). The predicted octanol–water partition coefficient (Wildman–Crippen LogP) is 2.65. The van der Waals surface area contributed by atoms with E-state index in [0.717, 1.165) is 5.56 Å². The fourth-order valence-electron chi connectivity index (χ4n) is 4.60. The molecule has 0 aliphatic carbocycles. The Balaban J connectivity index is 1.37. The number of anilines is 4. The first-order valence-corrected chi connectivity index (χ1v) is 12.6. The van der Waals surface area contributed by atoms with Gasteiger partial charge in [0.15, 0.2) is 6.29 Å². The number of nitriles is 1. The zero-order valence-corrected chi connectivity index (χ0v) is 21.7. The van der Waals surface area contributed by atoms with E-state index in [4.69, 9.17) is 9.47 Å². The van der Waals surface area contributed by atoms with Crippen molar-refractivity contribution in [3.63, 3.8) is 0 Å². The van der Waals surface area contributed by atoms with Crippen LogP contribution in [0.4, 0.5) is 27.8 Å². The molecule has 0 atom stereocenters. The molecule has 3 aromatic heterocycles. The summed E-state index contributed by atoms with van der Waals surface area (Å²) in [6, 6.07) is 6.66. The average molecular weight is 543 g/mol. The van der Waals surface area contributed by atoms with Crippen LogP contribution in [0, 0.1) is 11.3 Å². The van der Waals surface area contributed by atoms with Crippen LogP contribution in [-0.2, 0) is 22.5 Å². The van der Waals surface area contributed by atoms with Crippen LogP contribution in [0.5, 0.6) is 5.75 Å². The number of aryl methyl sites for hydroxylation is 1. The van der Waals surface area contributed by atoms with Gasteiger partial charge >= 0.3 is 6.03 Å². The van der Waals surface area contributed by atoms with Crippen LogP contribution in [0.15, 0.2) is 36.8 Å². The second kappa shape index (κ2) is 11.7. The Morgan fingerprint density at radius 3 is 2.92 bits per heavy atom. The van der Waals surface area contributed by atoms with E-state index < -0.39 is 6.03 Å². The summed E-state index contributed by atoms with van der Waals surface area (Å²) in [5, 5.41) is 15.4. The lowest BCUT2D eigenvalue weighted by atomic mass is 10.0. The van der Waals surface area contributed by atoms with Gasteiger partial charge in [-0.1, -0.05) is 0 Å². The average Bonchev–Trinajstić information content (AvgIpc) is 2.98. The molecular formula is C27H26N8O5. The highest BCUT2D eigenvalue weighted by Gasteiger charge is 2.28. The number of pyridine rings is 3. The smallest absolute Gasteiger partial charge is 0.328 e. The SMILES string of the molecule is COc1ccncc1Nc1cc(NC(=O)N2CCCc3cc(CN4CCOCC4=O)c(C=O)nc32)ncc1C#N. The zero-order chi connectivity index (χ0) is 28.1. The van der Waals surface area contributed by atoms with Crippen molar-refractivity contribution in [3.05, 3.63) is 59.2 Å². The lowest BCUT2D eigenvalue weighted by molar-refractivity contribution is -0.143. The molecule has 0 spiro atoms. The number of rotatable bonds is 7. The Kier molecular flexibility index (Phi) is 7.79. The van der Waals surface area contributed by atoms with Crippen LogP contribution >= 0.6 is 0 Å².